The predicted molar refractivity (Wildman–Crippen MR) is 109 cm³/mol. The summed E-state index contributed by atoms with van der Waals surface area (Å²) in [6.07, 6.45) is 1.48. The molecule has 3 aromatic rings. The standard InChI is InChI=1S/C22H15N3O5/c26-20(15-6-2-1-3-7-15)18-19(14-9-11-16(12-10-14)25(29)30)24(22(28)21(18)27)17-8-4-5-13-23-17/h1-13,19,26H/b20-18+. The Kier molecular flexibility index (Phi) is 4.81. The fourth-order valence-corrected chi connectivity index (χ4v) is 3.41. The van der Waals surface area contributed by atoms with E-state index in [0.717, 1.165) is 0 Å². The first-order valence-electron chi connectivity index (χ1n) is 9.01. The monoisotopic (exact) mass is 401 g/mol. The molecule has 2 heterocycles. The van der Waals surface area contributed by atoms with Gasteiger partial charge in [0.05, 0.1) is 16.5 Å². The largest absolute Gasteiger partial charge is 0.507 e. The SMILES string of the molecule is O=C1C(=O)N(c2ccccn2)C(c2ccc([N+](=O)[O-])cc2)/C1=C(\O)c1ccccc1. The number of ketones is 1. The molecule has 0 bridgehead atoms. The number of hydrogen-bond acceptors (Lipinski definition) is 6. The number of nitro benzene ring substituents is 1. The summed E-state index contributed by atoms with van der Waals surface area (Å²) in [5.74, 6) is -1.79. The van der Waals surface area contributed by atoms with Crippen LogP contribution in [0.2, 0.25) is 0 Å². The van der Waals surface area contributed by atoms with Crippen LogP contribution in [0, 0.1) is 10.1 Å². The van der Waals surface area contributed by atoms with Gasteiger partial charge in [-0.25, -0.2) is 4.98 Å². The van der Waals surface area contributed by atoms with Crippen LogP contribution in [0.4, 0.5) is 11.5 Å². The van der Waals surface area contributed by atoms with E-state index in [1.54, 1.807) is 48.5 Å². The third-order valence-corrected chi connectivity index (χ3v) is 4.81. The van der Waals surface area contributed by atoms with Crippen LogP contribution in [0.1, 0.15) is 17.2 Å². The molecule has 148 valence electrons. The van der Waals surface area contributed by atoms with E-state index in [4.69, 9.17) is 0 Å². The first kappa shape index (κ1) is 19.0. The second-order valence-corrected chi connectivity index (χ2v) is 6.57. The summed E-state index contributed by atoms with van der Waals surface area (Å²) < 4.78 is 0. The van der Waals surface area contributed by atoms with Gasteiger partial charge in [0.1, 0.15) is 11.6 Å². The van der Waals surface area contributed by atoms with Gasteiger partial charge in [0, 0.05) is 23.9 Å². The van der Waals surface area contributed by atoms with Gasteiger partial charge in [0.2, 0.25) is 0 Å². The Labute approximate surface area is 170 Å². The number of carbonyl (C=O) groups is 2. The highest BCUT2D eigenvalue weighted by atomic mass is 16.6. The number of aliphatic hydroxyl groups is 1. The van der Waals surface area contributed by atoms with Crippen molar-refractivity contribution in [2.24, 2.45) is 0 Å². The van der Waals surface area contributed by atoms with Crippen LogP contribution >= 0.6 is 0 Å². The van der Waals surface area contributed by atoms with Gasteiger partial charge in [-0.3, -0.25) is 24.6 Å². The van der Waals surface area contributed by atoms with Crippen molar-refractivity contribution in [1.29, 1.82) is 0 Å². The molecule has 1 aliphatic rings. The summed E-state index contributed by atoms with van der Waals surface area (Å²) in [5.41, 5.74) is 0.577. The number of rotatable bonds is 4. The Morgan fingerprint density at radius 1 is 0.967 bits per heavy atom. The van der Waals surface area contributed by atoms with Crippen molar-refractivity contribution in [3.8, 4) is 0 Å². The number of aromatic nitrogens is 1. The Hall–Kier alpha value is -4.33. The molecule has 0 saturated carbocycles. The van der Waals surface area contributed by atoms with Gasteiger partial charge in [-0.15, -0.1) is 0 Å². The van der Waals surface area contributed by atoms with Crippen LogP contribution in [0.15, 0.2) is 84.6 Å². The lowest BCUT2D eigenvalue weighted by atomic mass is 9.95. The molecular weight excluding hydrogens is 386 g/mol. The number of aliphatic hydroxyl groups excluding tert-OH is 1. The molecule has 0 spiro atoms. The number of non-ortho nitro benzene ring substituents is 1. The van der Waals surface area contributed by atoms with E-state index in [0.29, 0.717) is 11.1 Å². The smallest absolute Gasteiger partial charge is 0.301 e. The normalized spacial score (nSPS) is 17.9. The van der Waals surface area contributed by atoms with Crippen LogP contribution in [-0.2, 0) is 9.59 Å². The van der Waals surface area contributed by atoms with E-state index < -0.39 is 22.7 Å². The van der Waals surface area contributed by atoms with Crippen molar-refractivity contribution in [3.63, 3.8) is 0 Å². The van der Waals surface area contributed by atoms with Crippen LogP contribution in [0.5, 0.6) is 0 Å². The van der Waals surface area contributed by atoms with Crippen molar-refractivity contribution in [2.75, 3.05) is 4.90 Å². The Balaban J connectivity index is 1.93. The van der Waals surface area contributed by atoms with Gasteiger partial charge in [0.15, 0.2) is 0 Å². The number of Topliss-reactive ketones (excluding diaryl/α,β-unsaturated/α-hetero) is 1. The number of anilines is 1. The highest BCUT2D eigenvalue weighted by molar-refractivity contribution is 6.51. The molecule has 1 unspecified atom stereocenters. The zero-order valence-corrected chi connectivity index (χ0v) is 15.5. The Morgan fingerprint density at radius 3 is 2.23 bits per heavy atom. The van der Waals surface area contributed by atoms with Gasteiger partial charge in [-0.1, -0.05) is 36.4 Å². The number of pyridine rings is 1. The van der Waals surface area contributed by atoms with E-state index in [2.05, 4.69) is 4.98 Å². The second-order valence-electron chi connectivity index (χ2n) is 6.57. The first-order chi connectivity index (χ1) is 14.5. The maximum absolute atomic E-state index is 12.9. The van der Waals surface area contributed by atoms with E-state index in [1.807, 2.05) is 0 Å². The number of hydrogen-bond donors (Lipinski definition) is 1. The molecule has 0 aliphatic carbocycles. The third kappa shape index (κ3) is 3.20. The zero-order valence-electron chi connectivity index (χ0n) is 15.5. The molecule has 1 aromatic heterocycles. The van der Waals surface area contributed by atoms with Crippen molar-refractivity contribution in [1.82, 2.24) is 4.98 Å². The Bertz CT molecular complexity index is 1160. The van der Waals surface area contributed by atoms with Gasteiger partial charge in [0.25, 0.3) is 11.5 Å². The summed E-state index contributed by atoms with van der Waals surface area (Å²) in [5, 5.41) is 21.9. The predicted octanol–water partition coefficient (Wildman–Crippen LogP) is 3.62. The minimum Gasteiger partial charge on any atom is -0.507 e. The molecule has 1 fully saturated rings. The number of nitro groups is 1. The molecule has 30 heavy (non-hydrogen) atoms. The molecule has 2 aromatic carbocycles. The van der Waals surface area contributed by atoms with E-state index in [9.17, 15) is 24.8 Å². The van der Waals surface area contributed by atoms with Crippen LogP contribution < -0.4 is 4.90 Å². The third-order valence-electron chi connectivity index (χ3n) is 4.81. The van der Waals surface area contributed by atoms with Crippen molar-refractivity contribution in [3.05, 3.63) is 106 Å². The van der Waals surface area contributed by atoms with Gasteiger partial charge in [-0.2, -0.15) is 0 Å². The van der Waals surface area contributed by atoms with Crippen molar-refractivity contribution >= 4 is 29.0 Å². The van der Waals surface area contributed by atoms with E-state index in [1.165, 1.54) is 35.4 Å². The van der Waals surface area contributed by atoms with Crippen LogP contribution in [-0.4, -0.2) is 26.7 Å². The summed E-state index contributed by atoms with van der Waals surface area (Å²) in [6.45, 7) is 0. The average Bonchev–Trinajstić information content (AvgIpc) is 3.05. The van der Waals surface area contributed by atoms with Crippen molar-refractivity contribution < 1.29 is 19.6 Å². The summed E-state index contributed by atoms with van der Waals surface area (Å²) in [7, 11) is 0. The maximum atomic E-state index is 12.9. The molecule has 1 amide bonds. The Morgan fingerprint density at radius 2 is 1.63 bits per heavy atom. The molecule has 1 aliphatic heterocycles. The topological polar surface area (TPSA) is 114 Å². The van der Waals surface area contributed by atoms with Gasteiger partial charge >= 0.3 is 5.91 Å². The number of carbonyl (C=O) groups excluding carboxylic acids is 2. The molecule has 0 radical (unpaired) electrons. The van der Waals surface area contributed by atoms with E-state index >= 15 is 0 Å². The van der Waals surface area contributed by atoms with Gasteiger partial charge < -0.3 is 5.11 Å². The van der Waals surface area contributed by atoms with Gasteiger partial charge in [-0.05, 0) is 29.8 Å². The summed E-state index contributed by atoms with van der Waals surface area (Å²) in [4.78, 5) is 41.6. The fraction of sp³-hybridized carbons (Fsp3) is 0.0455. The lowest BCUT2D eigenvalue weighted by Crippen LogP contribution is -2.30. The lowest BCUT2D eigenvalue weighted by molar-refractivity contribution is -0.384. The lowest BCUT2D eigenvalue weighted by Gasteiger charge is -2.24. The summed E-state index contributed by atoms with van der Waals surface area (Å²) >= 11 is 0. The molecule has 1 N–H and O–H groups in total. The first-order valence-corrected chi connectivity index (χ1v) is 9.01. The number of amides is 1. The maximum Gasteiger partial charge on any atom is 0.301 e. The molecule has 1 atom stereocenters. The van der Waals surface area contributed by atoms with Crippen LogP contribution in [0.3, 0.4) is 0 Å². The fourth-order valence-electron chi connectivity index (χ4n) is 3.41. The average molecular weight is 401 g/mol. The van der Waals surface area contributed by atoms with Crippen LogP contribution in [0.25, 0.3) is 5.76 Å². The van der Waals surface area contributed by atoms with E-state index in [-0.39, 0.29) is 22.8 Å². The number of benzene rings is 2. The molecule has 8 heteroatoms. The highest BCUT2D eigenvalue weighted by Gasteiger charge is 2.47. The molecule has 8 nitrogen and oxygen atoms in total. The summed E-state index contributed by atoms with van der Waals surface area (Å²) in [6, 6.07) is 17.8. The molecule has 4 rings (SSSR count). The number of nitrogens with zero attached hydrogens (tertiary/aromatic N) is 3. The van der Waals surface area contributed by atoms with Crippen molar-refractivity contribution in [2.45, 2.75) is 6.04 Å². The highest BCUT2D eigenvalue weighted by Crippen LogP contribution is 2.41. The minimum atomic E-state index is -0.985. The quantitative estimate of drug-likeness (QED) is 0.235. The minimum absolute atomic E-state index is 0.106. The molecule has 1 saturated heterocycles. The molecular formula is C22H15N3O5. The second kappa shape index (κ2) is 7.59. The zero-order chi connectivity index (χ0) is 21.3.